The number of nitrogens with zero attached hydrogens (tertiary/aromatic N) is 1. The number of hydrogen-bond donors (Lipinski definition) is 0. The quantitative estimate of drug-likeness (QED) is 0.811. The third-order valence-corrected chi connectivity index (χ3v) is 3.21. The van der Waals surface area contributed by atoms with Gasteiger partial charge in [0.1, 0.15) is 5.82 Å². The summed E-state index contributed by atoms with van der Waals surface area (Å²) in [6.07, 6.45) is 2.25. The molecule has 0 aliphatic carbocycles. The molecule has 92 valence electrons. The van der Waals surface area contributed by atoms with Crippen LogP contribution in [0.4, 0.5) is 8.78 Å². The predicted molar refractivity (Wildman–Crippen MR) is 66.3 cm³/mol. The molecular formula is C13H8BrF2NO. The number of Topliss-reactive ketones (excluding diaryl/α,β-unsaturated/α-hetero) is 1. The van der Waals surface area contributed by atoms with Gasteiger partial charge in [-0.3, -0.25) is 9.78 Å². The molecule has 0 spiro atoms. The summed E-state index contributed by atoms with van der Waals surface area (Å²) in [6.45, 7) is 0. The molecule has 2 nitrogen and oxygen atoms in total. The summed E-state index contributed by atoms with van der Waals surface area (Å²) in [5.41, 5.74) is 0.442. The molecule has 5 heteroatoms. The normalized spacial score (nSPS) is 10.4. The van der Waals surface area contributed by atoms with E-state index in [1.165, 1.54) is 30.5 Å². The van der Waals surface area contributed by atoms with Gasteiger partial charge >= 0.3 is 0 Å². The average Bonchev–Trinajstić information content (AvgIpc) is 2.34. The maximum Gasteiger partial charge on any atom is 0.170 e. The Labute approximate surface area is 111 Å². The van der Waals surface area contributed by atoms with Crippen LogP contribution >= 0.6 is 15.9 Å². The highest BCUT2D eigenvalue weighted by Crippen LogP contribution is 2.20. The standard InChI is InChI=1S/C13H8BrF2NO/c14-11-2-1-9(15)5-8(11)6-13(18)10-3-4-17-7-12(10)16/h1-5,7H,6H2. The third kappa shape index (κ3) is 2.79. The molecule has 0 bridgehead atoms. The maximum atomic E-state index is 13.4. The molecule has 0 radical (unpaired) electrons. The molecule has 1 aromatic carbocycles. The number of aromatic nitrogens is 1. The van der Waals surface area contributed by atoms with Crippen LogP contribution in [0.2, 0.25) is 0 Å². The summed E-state index contributed by atoms with van der Waals surface area (Å²) >= 11 is 3.23. The highest BCUT2D eigenvalue weighted by molar-refractivity contribution is 9.10. The van der Waals surface area contributed by atoms with Gasteiger partial charge in [-0.15, -0.1) is 0 Å². The summed E-state index contributed by atoms with van der Waals surface area (Å²) in [6, 6.07) is 5.36. The van der Waals surface area contributed by atoms with Gasteiger partial charge in [0.05, 0.1) is 11.8 Å². The molecule has 18 heavy (non-hydrogen) atoms. The minimum atomic E-state index is -0.671. The van der Waals surface area contributed by atoms with Crippen molar-refractivity contribution >= 4 is 21.7 Å². The van der Waals surface area contributed by atoms with Crippen LogP contribution in [0.5, 0.6) is 0 Å². The Balaban J connectivity index is 2.27. The molecule has 0 fully saturated rings. The van der Waals surface area contributed by atoms with Crippen molar-refractivity contribution in [3.63, 3.8) is 0 Å². The molecule has 0 atom stereocenters. The number of carbonyl (C=O) groups is 1. The van der Waals surface area contributed by atoms with E-state index >= 15 is 0 Å². The van der Waals surface area contributed by atoms with Gasteiger partial charge in [0.15, 0.2) is 11.6 Å². The lowest BCUT2D eigenvalue weighted by atomic mass is 10.0. The second-order valence-corrected chi connectivity index (χ2v) is 4.55. The molecule has 1 aromatic heterocycles. The first-order chi connectivity index (χ1) is 8.58. The first kappa shape index (κ1) is 12.8. The van der Waals surface area contributed by atoms with E-state index in [4.69, 9.17) is 0 Å². The molecule has 0 N–H and O–H groups in total. The van der Waals surface area contributed by atoms with Crippen LogP contribution in [0.15, 0.2) is 41.1 Å². The Hall–Kier alpha value is -1.62. The number of carbonyl (C=O) groups excluding carboxylic acids is 1. The van der Waals surface area contributed by atoms with Crippen molar-refractivity contribution in [2.75, 3.05) is 0 Å². The van der Waals surface area contributed by atoms with Crippen molar-refractivity contribution < 1.29 is 13.6 Å². The first-order valence-electron chi connectivity index (χ1n) is 5.14. The first-order valence-corrected chi connectivity index (χ1v) is 5.94. The Kier molecular flexibility index (Phi) is 3.81. The molecule has 2 rings (SSSR count). The number of rotatable bonds is 3. The second-order valence-electron chi connectivity index (χ2n) is 3.69. The zero-order chi connectivity index (χ0) is 13.1. The monoisotopic (exact) mass is 311 g/mol. The minimum Gasteiger partial charge on any atom is -0.294 e. The van der Waals surface area contributed by atoms with Crippen molar-refractivity contribution in [2.24, 2.45) is 0 Å². The minimum absolute atomic E-state index is 0.0406. The highest BCUT2D eigenvalue weighted by atomic mass is 79.9. The summed E-state index contributed by atoms with van der Waals surface area (Å²) in [5.74, 6) is -1.52. The van der Waals surface area contributed by atoms with E-state index in [9.17, 15) is 13.6 Å². The van der Waals surface area contributed by atoms with Crippen molar-refractivity contribution in [3.8, 4) is 0 Å². The highest BCUT2D eigenvalue weighted by Gasteiger charge is 2.14. The molecule has 0 unspecified atom stereocenters. The van der Waals surface area contributed by atoms with Gasteiger partial charge in [0, 0.05) is 17.1 Å². The van der Waals surface area contributed by atoms with E-state index in [1.807, 2.05) is 0 Å². The zero-order valence-electron chi connectivity index (χ0n) is 9.16. The van der Waals surface area contributed by atoms with E-state index < -0.39 is 17.4 Å². The lowest BCUT2D eigenvalue weighted by Gasteiger charge is -2.05. The Morgan fingerprint density at radius 1 is 1.28 bits per heavy atom. The van der Waals surface area contributed by atoms with Crippen LogP contribution in [0.3, 0.4) is 0 Å². The number of hydrogen-bond acceptors (Lipinski definition) is 2. The predicted octanol–water partition coefficient (Wildman–Crippen LogP) is 3.55. The van der Waals surface area contributed by atoms with E-state index in [0.29, 0.717) is 10.0 Å². The van der Waals surface area contributed by atoms with E-state index in [-0.39, 0.29) is 12.0 Å². The van der Waals surface area contributed by atoms with Crippen molar-refractivity contribution in [3.05, 3.63) is 63.9 Å². The summed E-state index contributed by atoms with van der Waals surface area (Å²) in [7, 11) is 0. The number of ketones is 1. The molecular weight excluding hydrogens is 304 g/mol. The number of halogens is 3. The van der Waals surface area contributed by atoms with Crippen molar-refractivity contribution in [1.82, 2.24) is 4.98 Å². The molecule has 0 amide bonds. The number of benzene rings is 1. The molecule has 0 aliphatic heterocycles. The zero-order valence-corrected chi connectivity index (χ0v) is 10.7. The van der Waals surface area contributed by atoms with E-state index in [0.717, 1.165) is 6.20 Å². The summed E-state index contributed by atoms with van der Waals surface area (Å²) in [5, 5.41) is 0. The maximum absolute atomic E-state index is 13.4. The average molecular weight is 312 g/mol. The van der Waals surface area contributed by atoms with Crippen molar-refractivity contribution in [1.29, 1.82) is 0 Å². The van der Waals surface area contributed by atoms with Crippen LogP contribution in [-0.2, 0) is 6.42 Å². The van der Waals surface area contributed by atoms with E-state index in [1.54, 1.807) is 0 Å². The van der Waals surface area contributed by atoms with Gasteiger partial charge in [0.2, 0.25) is 0 Å². The van der Waals surface area contributed by atoms with Crippen LogP contribution in [0.1, 0.15) is 15.9 Å². The third-order valence-electron chi connectivity index (χ3n) is 2.43. The lowest BCUT2D eigenvalue weighted by molar-refractivity contribution is 0.0988. The van der Waals surface area contributed by atoms with Gasteiger partial charge in [-0.1, -0.05) is 15.9 Å². The van der Waals surface area contributed by atoms with Crippen LogP contribution in [0.25, 0.3) is 0 Å². The summed E-state index contributed by atoms with van der Waals surface area (Å²) in [4.78, 5) is 15.5. The molecule has 1 heterocycles. The van der Waals surface area contributed by atoms with Gasteiger partial charge in [0.25, 0.3) is 0 Å². The SMILES string of the molecule is O=C(Cc1cc(F)ccc1Br)c1ccncc1F. The number of pyridine rings is 1. The van der Waals surface area contributed by atoms with Crippen molar-refractivity contribution in [2.45, 2.75) is 6.42 Å². The van der Waals surface area contributed by atoms with E-state index in [2.05, 4.69) is 20.9 Å². The Morgan fingerprint density at radius 2 is 2.06 bits per heavy atom. The fourth-order valence-corrected chi connectivity index (χ4v) is 1.94. The van der Waals surface area contributed by atoms with Gasteiger partial charge in [-0.2, -0.15) is 0 Å². The van der Waals surface area contributed by atoms with Crippen LogP contribution < -0.4 is 0 Å². The molecule has 0 saturated heterocycles. The van der Waals surface area contributed by atoms with Gasteiger partial charge < -0.3 is 0 Å². The van der Waals surface area contributed by atoms with Gasteiger partial charge in [-0.25, -0.2) is 8.78 Å². The Morgan fingerprint density at radius 3 is 2.78 bits per heavy atom. The molecule has 0 saturated carbocycles. The second kappa shape index (κ2) is 5.35. The molecule has 0 aliphatic rings. The Bertz CT molecular complexity index is 601. The molecule has 2 aromatic rings. The fraction of sp³-hybridized carbons (Fsp3) is 0.0769. The van der Waals surface area contributed by atoms with Crippen LogP contribution in [-0.4, -0.2) is 10.8 Å². The topological polar surface area (TPSA) is 30.0 Å². The smallest absolute Gasteiger partial charge is 0.170 e. The summed E-state index contributed by atoms with van der Waals surface area (Å²) < 4.78 is 27.0. The van der Waals surface area contributed by atoms with Crippen LogP contribution in [0, 0.1) is 11.6 Å². The largest absolute Gasteiger partial charge is 0.294 e. The van der Waals surface area contributed by atoms with Gasteiger partial charge in [-0.05, 0) is 29.8 Å². The lowest BCUT2D eigenvalue weighted by Crippen LogP contribution is -2.07. The fourth-order valence-electron chi connectivity index (χ4n) is 1.55.